The number of nitrogens with zero attached hydrogens (tertiary/aromatic N) is 3. The van der Waals surface area contributed by atoms with Gasteiger partial charge in [-0.2, -0.15) is 17.0 Å². The largest absolute Gasteiger partial charge is 0.314 e. The Morgan fingerprint density at radius 3 is 2.76 bits per heavy atom. The monoisotopic (exact) mass is 316 g/mol. The number of hydrogen-bond donors (Lipinski definition) is 1. The fourth-order valence-electron chi connectivity index (χ4n) is 3.38. The summed E-state index contributed by atoms with van der Waals surface area (Å²) < 4.78 is 28.5. The first-order valence-electron chi connectivity index (χ1n) is 8.26. The maximum Gasteiger partial charge on any atom is 0.281 e. The van der Waals surface area contributed by atoms with Gasteiger partial charge in [0.05, 0.1) is 0 Å². The molecule has 1 N–H and O–H groups in total. The van der Waals surface area contributed by atoms with Crippen molar-refractivity contribution in [3.63, 3.8) is 0 Å². The first-order valence-corrected chi connectivity index (χ1v) is 9.66. The molecular formula is C14H28N4O2S. The summed E-state index contributed by atoms with van der Waals surface area (Å²) in [6.45, 7) is 4.87. The number of piperazine rings is 1. The summed E-state index contributed by atoms with van der Waals surface area (Å²) in [6, 6.07) is 1.14. The highest BCUT2D eigenvalue weighted by Crippen LogP contribution is 2.24. The molecule has 7 heteroatoms. The lowest BCUT2D eigenvalue weighted by atomic mass is 10.2. The van der Waals surface area contributed by atoms with Crippen LogP contribution in [0.15, 0.2) is 0 Å². The van der Waals surface area contributed by atoms with Crippen LogP contribution in [0.25, 0.3) is 0 Å². The molecule has 0 aromatic carbocycles. The van der Waals surface area contributed by atoms with E-state index in [-0.39, 0.29) is 0 Å². The minimum absolute atomic E-state index is 0.443. The van der Waals surface area contributed by atoms with E-state index in [1.165, 1.54) is 23.6 Å². The Morgan fingerprint density at radius 1 is 1.19 bits per heavy atom. The van der Waals surface area contributed by atoms with Crippen LogP contribution in [-0.2, 0) is 10.2 Å². The summed E-state index contributed by atoms with van der Waals surface area (Å²) in [6.07, 6.45) is 5.79. The molecular weight excluding hydrogens is 288 g/mol. The van der Waals surface area contributed by atoms with Crippen molar-refractivity contribution in [2.75, 3.05) is 46.3 Å². The molecule has 6 nitrogen and oxygen atoms in total. The second kappa shape index (κ2) is 6.50. The molecule has 2 heterocycles. The van der Waals surface area contributed by atoms with E-state index in [0.717, 1.165) is 32.5 Å². The number of nitrogens with one attached hydrogen (secondary N) is 1. The van der Waals surface area contributed by atoms with Crippen molar-refractivity contribution in [1.29, 1.82) is 0 Å². The van der Waals surface area contributed by atoms with Crippen molar-refractivity contribution in [3.8, 4) is 0 Å². The minimum Gasteiger partial charge on any atom is -0.314 e. The molecule has 1 saturated carbocycles. The molecule has 3 aliphatic rings. The third kappa shape index (κ3) is 3.76. The Balaban J connectivity index is 1.47. The fraction of sp³-hybridized carbons (Fsp3) is 1.00. The van der Waals surface area contributed by atoms with E-state index in [2.05, 4.69) is 10.2 Å². The summed E-state index contributed by atoms with van der Waals surface area (Å²) in [7, 11) is -1.56. The van der Waals surface area contributed by atoms with Crippen LogP contribution in [0.2, 0.25) is 0 Å². The van der Waals surface area contributed by atoms with E-state index < -0.39 is 10.2 Å². The average Bonchev–Trinajstić information content (AvgIpc) is 3.17. The van der Waals surface area contributed by atoms with Gasteiger partial charge >= 0.3 is 0 Å². The first kappa shape index (κ1) is 15.7. The Labute approximate surface area is 128 Å². The minimum atomic E-state index is -3.27. The highest BCUT2D eigenvalue weighted by atomic mass is 32.2. The molecule has 3 fully saturated rings. The van der Waals surface area contributed by atoms with Crippen LogP contribution in [0.1, 0.15) is 32.1 Å². The molecule has 1 aliphatic carbocycles. The number of rotatable bonds is 7. The molecule has 0 aromatic heterocycles. The van der Waals surface area contributed by atoms with Crippen LogP contribution in [-0.4, -0.2) is 80.3 Å². The van der Waals surface area contributed by atoms with Gasteiger partial charge < -0.3 is 5.32 Å². The summed E-state index contributed by atoms with van der Waals surface area (Å²) in [5, 5.41) is 3.43. The second-order valence-corrected chi connectivity index (χ2v) is 8.64. The van der Waals surface area contributed by atoms with Crippen LogP contribution in [0, 0.1) is 0 Å². The molecule has 21 heavy (non-hydrogen) atoms. The molecule has 3 rings (SSSR count). The molecule has 2 saturated heterocycles. The Bertz CT molecular complexity index is 452. The van der Waals surface area contributed by atoms with Gasteiger partial charge in [-0.1, -0.05) is 0 Å². The van der Waals surface area contributed by atoms with Crippen LogP contribution in [0.5, 0.6) is 0 Å². The molecule has 122 valence electrons. The topological polar surface area (TPSA) is 55.9 Å². The third-order valence-corrected chi connectivity index (χ3v) is 6.88. The summed E-state index contributed by atoms with van der Waals surface area (Å²) in [5.41, 5.74) is 0. The molecule has 0 spiro atoms. The number of hydrogen-bond acceptors (Lipinski definition) is 4. The zero-order valence-electron chi connectivity index (χ0n) is 13.0. The Morgan fingerprint density at radius 2 is 2.00 bits per heavy atom. The van der Waals surface area contributed by atoms with Gasteiger partial charge in [-0.05, 0) is 45.2 Å². The third-order valence-electron chi connectivity index (χ3n) is 4.93. The quantitative estimate of drug-likeness (QED) is 0.676. The van der Waals surface area contributed by atoms with Crippen LogP contribution < -0.4 is 5.32 Å². The molecule has 0 amide bonds. The lowest BCUT2D eigenvalue weighted by Crippen LogP contribution is -2.55. The Kier molecular flexibility index (Phi) is 4.85. The zero-order valence-corrected chi connectivity index (χ0v) is 13.8. The van der Waals surface area contributed by atoms with E-state index in [9.17, 15) is 8.42 Å². The first-order chi connectivity index (χ1) is 10.1. The van der Waals surface area contributed by atoms with E-state index in [0.29, 0.717) is 31.7 Å². The normalized spacial score (nSPS) is 28.2. The van der Waals surface area contributed by atoms with Crippen LogP contribution in [0.3, 0.4) is 0 Å². The number of fused-ring (bicyclic) bond motifs is 1. The molecule has 0 bridgehead atoms. The van der Waals surface area contributed by atoms with Gasteiger partial charge in [-0.25, -0.2) is 0 Å². The van der Waals surface area contributed by atoms with Gasteiger partial charge in [0.25, 0.3) is 10.2 Å². The molecule has 0 radical (unpaired) electrons. The zero-order chi connectivity index (χ0) is 14.9. The van der Waals surface area contributed by atoms with Crippen LogP contribution in [0.4, 0.5) is 0 Å². The average molecular weight is 316 g/mol. The Hall–Kier alpha value is -0.210. The standard InChI is InChI=1S/C14H28N4O2S/c1-16(8-3-7-15-13-5-6-13)21(19,20)18-11-10-17-9-2-4-14(17)12-18/h13-15H,2-12H2,1H3. The SMILES string of the molecule is CN(CCCNC1CC1)S(=O)(=O)N1CCN2CCCC2C1. The lowest BCUT2D eigenvalue weighted by Gasteiger charge is -2.38. The van der Waals surface area contributed by atoms with E-state index in [1.807, 2.05) is 0 Å². The van der Waals surface area contributed by atoms with Crippen LogP contribution >= 0.6 is 0 Å². The highest BCUT2D eigenvalue weighted by Gasteiger charge is 2.37. The summed E-state index contributed by atoms with van der Waals surface area (Å²) >= 11 is 0. The second-order valence-electron chi connectivity index (χ2n) is 6.60. The smallest absolute Gasteiger partial charge is 0.281 e. The van der Waals surface area contributed by atoms with Crippen molar-refractivity contribution < 1.29 is 8.42 Å². The van der Waals surface area contributed by atoms with Crippen molar-refractivity contribution in [2.45, 2.75) is 44.2 Å². The van der Waals surface area contributed by atoms with E-state index in [4.69, 9.17) is 0 Å². The summed E-state index contributed by atoms with van der Waals surface area (Å²) in [5.74, 6) is 0. The molecule has 1 atom stereocenters. The van der Waals surface area contributed by atoms with E-state index in [1.54, 1.807) is 11.4 Å². The molecule has 0 aromatic rings. The maximum absolute atomic E-state index is 12.6. The van der Waals surface area contributed by atoms with Gasteiger partial charge in [0.1, 0.15) is 0 Å². The van der Waals surface area contributed by atoms with Gasteiger partial charge in [-0.3, -0.25) is 4.90 Å². The fourth-order valence-corrected chi connectivity index (χ4v) is 4.81. The van der Waals surface area contributed by atoms with Crippen molar-refractivity contribution in [1.82, 2.24) is 18.8 Å². The predicted molar refractivity (Wildman–Crippen MR) is 83.4 cm³/mol. The van der Waals surface area contributed by atoms with Gasteiger partial charge in [0, 0.05) is 45.3 Å². The van der Waals surface area contributed by atoms with Crippen molar-refractivity contribution in [3.05, 3.63) is 0 Å². The predicted octanol–water partition coefficient (Wildman–Crippen LogP) is 0.0851. The molecule has 1 unspecified atom stereocenters. The lowest BCUT2D eigenvalue weighted by molar-refractivity contribution is 0.153. The molecule has 2 aliphatic heterocycles. The van der Waals surface area contributed by atoms with Crippen molar-refractivity contribution >= 4 is 10.2 Å². The van der Waals surface area contributed by atoms with Gasteiger partial charge in [0.15, 0.2) is 0 Å². The van der Waals surface area contributed by atoms with Crippen molar-refractivity contribution in [2.24, 2.45) is 0 Å². The van der Waals surface area contributed by atoms with Gasteiger partial charge in [0.2, 0.25) is 0 Å². The maximum atomic E-state index is 12.6. The summed E-state index contributed by atoms with van der Waals surface area (Å²) in [4.78, 5) is 2.44. The highest BCUT2D eigenvalue weighted by molar-refractivity contribution is 7.86. The van der Waals surface area contributed by atoms with Gasteiger partial charge in [-0.15, -0.1) is 0 Å². The van der Waals surface area contributed by atoms with E-state index >= 15 is 0 Å².